The second-order valence-electron chi connectivity index (χ2n) is 5.92. The summed E-state index contributed by atoms with van der Waals surface area (Å²) in [6.07, 6.45) is 3.71. The first-order chi connectivity index (χ1) is 11.7. The van der Waals surface area contributed by atoms with Crippen LogP contribution in [-0.4, -0.2) is 27.1 Å². The molecule has 2 aromatic heterocycles. The van der Waals surface area contributed by atoms with Crippen LogP contribution < -0.4 is 0 Å². The van der Waals surface area contributed by atoms with E-state index >= 15 is 0 Å². The lowest BCUT2D eigenvalue weighted by molar-refractivity contribution is 0.405. The molecule has 0 bridgehead atoms. The summed E-state index contributed by atoms with van der Waals surface area (Å²) in [5.74, 6) is 0. The van der Waals surface area contributed by atoms with Crippen molar-refractivity contribution in [2.24, 2.45) is 4.99 Å². The molecule has 3 aromatic rings. The van der Waals surface area contributed by atoms with Gasteiger partial charge in [-0.3, -0.25) is 9.98 Å². The molecule has 4 nitrogen and oxygen atoms in total. The lowest BCUT2D eigenvalue weighted by Crippen LogP contribution is -2.31. The van der Waals surface area contributed by atoms with E-state index in [2.05, 4.69) is 52.1 Å². The standard InChI is InChI=1S/C19H18N4S/c1-13-5-3-7-15-9-16-12-23(11-14-6-4-8-21-10-14)19(20-2)24-18(16)22-17(13)15/h3-10H,11-12H2,1-2H3. The van der Waals surface area contributed by atoms with Gasteiger partial charge in [-0.25, -0.2) is 4.98 Å². The largest absolute Gasteiger partial charge is 0.342 e. The van der Waals surface area contributed by atoms with Crippen LogP contribution in [0.2, 0.25) is 0 Å². The van der Waals surface area contributed by atoms with Crippen LogP contribution in [0, 0.1) is 6.92 Å². The minimum atomic E-state index is 0.804. The summed E-state index contributed by atoms with van der Waals surface area (Å²) in [7, 11) is 1.84. The van der Waals surface area contributed by atoms with Crippen molar-refractivity contribution in [1.29, 1.82) is 0 Å². The second kappa shape index (κ2) is 6.24. The molecule has 0 spiro atoms. The van der Waals surface area contributed by atoms with E-state index in [0.29, 0.717) is 0 Å². The maximum absolute atomic E-state index is 4.90. The molecule has 0 saturated heterocycles. The Morgan fingerprint density at radius 3 is 2.96 bits per heavy atom. The maximum Gasteiger partial charge on any atom is 0.165 e. The molecule has 120 valence electrons. The number of para-hydroxylation sites is 1. The van der Waals surface area contributed by atoms with Gasteiger partial charge in [0.25, 0.3) is 0 Å². The molecule has 0 atom stereocenters. The van der Waals surface area contributed by atoms with Gasteiger partial charge in [0.15, 0.2) is 5.17 Å². The highest BCUT2D eigenvalue weighted by molar-refractivity contribution is 8.13. The van der Waals surface area contributed by atoms with E-state index in [9.17, 15) is 0 Å². The number of amidine groups is 1. The molecule has 0 saturated carbocycles. The van der Waals surface area contributed by atoms with Gasteiger partial charge in [0.2, 0.25) is 0 Å². The molecule has 24 heavy (non-hydrogen) atoms. The first kappa shape index (κ1) is 15.1. The van der Waals surface area contributed by atoms with Gasteiger partial charge in [-0.05, 0) is 41.9 Å². The molecule has 1 aliphatic rings. The monoisotopic (exact) mass is 334 g/mol. The Hall–Kier alpha value is -2.40. The number of aromatic nitrogens is 2. The normalized spacial score (nSPS) is 15.8. The molecule has 0 amide bonds. The summed E-state index contributed by atoms with van der Waals surface area (Å²) in [6, 6.07) is 12.7. The molecule has 1 aliphatic heterocycles. The van der Waals surface area contributed by atoms with E-state index in [1.165, 1.54) is 22.1 Å². The van der Waals surface area contributed by atoms with E-state index < -0.39 is 0 Å². The van der Waals surface area contributed by atoms with Gasteiger partial charge in [0.1, 0.15) is 5.03 Å². The Kier molecular flexibility index (Phi) is 3.94. The highest BCUT2D eigenvalue weighted by Gasteiger charge is 2.24. The van der Waals surface area contributed by atoms with Gasteiger partial charge < -0.3 is 4.90 Å². The third-order valence-corrected chi connectivity index (χ3v) is 5.36. The minimum Gasteiger partial charge on any atom is -0.342 e. The molecule has 0 N–H and O–H groups in total. The van der Waals surface area contributed by atoms with Crippen molar-refractivity contribution in [3.63, 3.8) is 0 Å². The van der Waals surface area contributed by atoms with Crippen molar-refractivity contribution < 1.29 is 0 Å². The third kappa shape index (κ3) is 2.76. The van der Waals surface area contributed by atoms with Crippen LogP contribution >= 0.6 is 11.8 Å². The van der Waals surface area contributed by atoms with E-state index in [1.807, 2.05) is 19.3 Å². The lowest BCUT2D eigenvalue weighted by Gasteiger charge is -2.30. The summed E-state index contributed by atoms with van der Waals surface area (Å²) in [5, 5.41) is 3.28. The molecule has 3 heterocycles. The van der Waals surface area contributed by atoms with Crippen molar-refractivity contribution in [3.05, 3.63) is 65.5 Å². The number of aliphatic imine (C=N–C) groups is 1. The van der Waals surface area contributed by atoms with Gasteiger partial charge in [-0.15, -0.1) is 0 Å². The molecule has 0 fully saturated rings. The molecule has 0 aliphatic carbocycles. The fraction of sp³-hybridized carbons (Fsp3) is 0.211. The van der Waals surface area contributed by atoms with Crippen LogP contribution in [0.4, 0.5) is 0 Å². The summed E-state index contributed by atoms with van der Waals surface area (Å²) in [5.41, 5.74) is 4.74. The quantitative estimate of drug-likeness (QED) is 0.709. The van der Waals surface area contributed by atoms with E-state index in [1.54, 1.807) is 18.0 Å². The number of rotatable bonds is 2. The maximum atomic E-state index is 4.90. The number of hydrogen-bond donors (Lipinski definition) is 0. The lowest BCUT2D eigenvalue weighted by atomic mass is 10.1. The number of pyridine rings is 2. The molecule has 5 heteroatoms. The highest BCUT2D eigenvalue weighted by atomic mass is 32.2. The van der Waals surface area contributed by atoms with Gasteiger partial charge in [0, 0.05) is 43.5 Å². The molecular formula is C19H18N4S. The summed E-state index contributed by atoms with van der Waals surface area (Å²) < 4.78 is 0. The number of thioether (sulfide) groups is 1. The zero-order chi connectivity index (χ0) is 16.5. The van der Waals surface area contributed by atoms with Gasteiger partial charge in [0.05, 0.1) is 5.52 Å². The average Bonchev–Trinajstić information content (AvgIpc) is 2.61. The number of benzene rings is 1. The molecule has 4 rings (SSSR count). The van der Waals surface area contributed by atoms with Crippen LogP contribution in [0.15, 0.2) is 58.8 Å². The Morgan fingerprint density at radius 2 is 2.17 bits per heavy atom. The topological polar surface area (TPSA) is 41.4 Å². The number of aryl methyl sites for hydroxylation is 1. The van der Waals surface area contributed by atoms with Crippen LogP contribution in [0.3, 0.4) is 0 Å². The fourth-order valence-electron chi connectivity index (χ4n) is 3.02. The fourth-order valence-corrected chi connectivity index (χ4v) is 3.94. The third-order valence-electron chi connectivity index (χ3n) is 4.19. The predicted octanol–water partition coefficient (Wildman–Crippen LogP) is 4.03. The van der Waals surface area contributed by atoms with Gasteiger partial charge in [-0.1, -0.05) is 24.3 Å². The van der Waals surface area contributed by atoms with Crippen molar-refractivity contribution in [1.82, 2.24) is 14.9 Å². The number of fused-ring (bicyclic) bond motifs is 2. The predicted molar refractivity (Wildman–Crippen MR) is 99.2 cm³/mol. The Morgan fingerprint density at radius 1 is 1.25 bits per heavy atom. The first-order valence-corrected chi connectivity index (χ1v) is 8.74. The number of nitrogens with zero attached hydrogens (tertiary/aromatic N) is 4. The van der Waals surface area contributed by atoms with Crippen molar-refractivity contribution in [3.8, 4) is 0 Å². The SMILES string of the molecule is CN=C1Sc2nc3c(C)cccc3cc2CN1Cc1cccnc1. The van der Waals surface area contributed by atoms with Crippen molar-refractivity contribution in [2.75, 3.05) is 7.05 Å². The van der Waals surface area contributed by atoms with Crippen LogP contribution in [0.5, 0.6) is 0 Å². The van der Waals surface area contributed by atoms with Crippen molar-refractivity contribution >= 4 is 27.8 Å². The smallest absolute Gasteiger partial charge is 0.165 e. The van der Waals surface area contributed by atoms with Crippen LogP contribution in [0.1, 0.15) is 16.7 Å². The Balaban J connectivity index is 1.72. The molecule has 0 radical (unpaired) electrons. The summed E-state index contributed by atoms with van der Waals surface area (Å²) in [6.45, 7) is 3.73. The zero-order valence-electron chi connectivity index (χ0n) is 13.7. The first-order valence-electron chi connectivity index (χ1n) is 7.92. The Bertz CT molecular complexity index is 921. The Labute approximate surface area is 145 Å². The highest BCUT2D eigenvalue weighted by Crippen LogP contribution is 2.34. The molecular weight excluding hydrogens is 316 g/mol. The summed E-state index contributed by atoms with van der Waals surface area (Å²) in [4.78, 5) is 15.9. The summed E-state index contributed by atoms with van der Waals surface area (Å²) >= 11 is 1.65. The zero-order valence-corrected chi connectivity index (χ0v) is 14.5. The van der Waals surface area contributed by atoms with Gasteiger partial charge >= 0.3 is 0 Å². The van der Waals surface area contributed by atoms with E-state index in [-0.39, 0.29) is 0 Å². The van der Waals surface area contributed by atoms with E-state index in [4.69, 9.17) is 4.98 Å². The van der Waals surface area contributed by atoms with Crippen LogP contribution in [0.25, 0.3) is 10.9 Å². The minimum absolute atomic E-state index is 0.804. The van der Waals surface area contributed by atoms with Crippen LogP contribution in [-0.2, 0) is 13.1 Å². The van der Waals surface area contributed by atoms with Crippen molar-refractivity contribution in [2.45, 2.75) is 25.0 Å². The van der Waals surface area contributed by atoms with Gasteiger partial charge in [-0.2, -0.15) is 0 Å². The average molecular weight is 334 g/mol. The molecule has 1 aromatic carbocycles. The molecule has 0 unspecified atom stereocenters. The number of hydrogen-bond acceptors (Lipinski definition) is 4. The van der Waals surface area contributed by atoms with E-state index in [0.717, 1.165) is 28.8 Å². The second-order valence-corrected chi connectivity index (χ2v) is 6.88.